The molecule has 76 valence electrons. The number of nitrogens with one attached hydrogen (secondary N) is 2. The van der Waals surface area contributed by atoms with Crippen molar-refractivity contribution in [2.24, 2.45) is 5.84 Å². The van der Waals surface area contributed by atoms with E-state index in [4.69, 9.17) is 10.6 Å². The molecule has 1 aliphatic heterocycles. The highest BCUT2D eigenvalue weighted by molar-refractivity contribution is 5.72. The third-order valence-corrected chi connectivity index (χ3v) is 1.95. The summed E-state index contributed by atoms with van der Waals surface area (Å²) in [7, 11) is 0. The molecular weight excluding hydrogens is 172 g/mol. The number of morpholine rings is 1. The SMILES string of the molecule is NNC(=O)NCCN1CCOCC1. The van der Waals surface area contributed by atoms with Crippen molar-refractivity contribution in [2.75, 3.05) is 39.4 Å². The van der Waals surface area contributed by atoms with Gasteiger partial charge in [-0.15, -0.1) is 0 Å². The molecule has 1 aliphatic rings. The van der Waals surface area contributed by atoms with Crippen LogP contribution in [0, 0.1) is 0 Å². The Morgan fingerprint density at radius 3 is 2.77 bits per heavy atom. The molecule has 0 saturated carbocycles. The van der Waals surface area contributed by atoms with Crippen LogP contribution < -0.4 is 16.6 Å². The van der Waals surface area contributed by atoms with Gasteiger partial charge in [-0.3, -0.25) is 10.3 Å². The maximum absolute atomic E-state index is 10.7. The van der Waals surface area contributed by atoms with Gasteiger partial charge in [0.1, 0.15) is 0 Å². The molecular formula is C7H16N4O2. The van der Waals surface area contributed by atoms with Gasteiger partial charge in [0.05, 0.1) is 13.2 Å². The average Bonchev–Trinajstić information content (AvgIpc) is 2.19. The lowest BCUT2D eigenvalue weighted by Crippen LogP contribution is -2.45. The quantitative estimate of drug-likeness (QED) is 0.286. The third-order valence-electron chi connectivity index (χ3n) is 1.95. The molecule has 1 heterocycles. The fourth-order valence-corrected chi connectivity index (χ4v) is 1.20. The minimum Gasteiger partial charge on any atom is -0.379 e. The highest BCUT2D eigenvalue weighted by Crippen LogP contribution is 1.94. The molecule has 2 amide bonds. The van der Waals surface area contributed by atoms with E-state index in [-0.39, 0.29) is 6.03 Å². The van der Waals surface area contributed by atoms with E-state index < -0.39 is 0 Å². The Kier molecular flexibility index (Phi) is 4.52. The van der Waals surface area contributed by atoms with Crippen LogP contribution in [0.2, 0.25) is 0 Å². The molecule has 0 aliphatic carbocycles. The van der Waals surface area contributed by atoms with Gasteiger partial charge in [0.25, 0.3) is 0 Å². The number of carbonyl (C=O) groups is 1. The first-order chi connectivity index (χ1) is 6.33. The van der Waals surface area contributed by atoms with Crippen LogP contribution in [0.3, 0.4) is 0 Å². The Bertz CT molecular complexity index is 159. The van der Waals surface area contributed by atoms with Crippen molar-refractivity contribution >= 4 is 6.03 Å². The molecule has 13 heavy (non-hydrogen) atoms. The lowest BCUT2D eigenvalue weighted by molar-refractivity contribution is 0.0387. The largest absolute Gasteiger partial charge is 0.379 e. The van der Waals surface area contributed by atoms with Gasteiger partial charge < -0.3 is 10.1 Å². The second-order valence-corrected chi connectivity index (χ2v) is 2.85. The van der Waals surface area contributed by atoms with Crippen LogP contribution in [0.15, 0.2) is 0 Å². The number of hydrazine groups is 1. The minimum atomic E-state index is -0.340. The molecule has 0 aromatic rings. The molecule has 0 spiro atoms. The van der Waals surface area contributed by atoms with Crippen LogP contribution in [-0.2, 0) is 4.74 Å². The minimum absolute atomic E-state index is 0.340. The second kappa shape index (κ2) is 5.74. The van der Waals surface area contributed by atoms with Crippen LogP contribution >= 0.6 is 0 Å². The maximum Gasteiger partial charge on any atom is 0.328 e. The summed E-state index contributed by atoms with van der Waals surface area (Å²) in [5.74, 6) is 4.90. The van der Waals surface area contributed by atoms with E-state index >= 15 is 0 Å². The zero-order chi connectivity index (χ0) is 9.52. The van der Waals surface area contributed by atoms with Crippen LogP contribution in [0.1, 0.15) is 0 Å². The number of nitrogens with two attached hydrogens (primary N) is 1. The Labute approximate surface area is 77.4 Å². The van der Waals surface area contributed by atoms with Gasteiger partial charge in [-0.2, -0.15) is 0 Å². The lowest BCUT2D eigenvalue weighted by atomic mass is 10.4. The van der Waals surface area contributed by atoms with Gasteiger partial charge in [-0.25, -0.2) is 10.6 Å². The number of ether oxygens (including phenoxy) is 1. The smallest absolute Gasteiger partial charge is 0.328 e. The molecule has 0 radical (unpaired) electrons. The lowest BCUT2D eigenvalue weighted by Gasteiger charge is -2.26. The monoisotopic (exact) mass is 188 g/mol. The Morgan fingerprint density at radius 2 is 2.15 bits per heavy atom. The van der Waals surface area contributed by atoms with Crippen LogP contribution in [0.25, 0.3) is 0 Å². The first-order valence-corrected chi connectivity index (χ1v) is 4.37. The standard InChI is InChI=1S/C7H16N4O2/c8-10-7(12)9-1-2-11-3-5-13-6-4-11/h1-6,8H2,(H2,9,10,12). The van der Waals surface area contributed by atoms with Crippen molar-refractivity contribution in [3.05, 3.63) is 0 Å². The van der Waals surface area contributed by atoms with Gasteiger partial charge in [-0.1, -0.05) is 0 Å². The van der Waals surface area contributed by atoms with E-state index in [1.807, 2.05) is 5.43 Å². The number of rotatable bonds is 3. The van der Waals surface area contributed by atoms with Gasteiger partial charge >= 0.3 is 6.03 Å². The number of urea groups is 1. The maximum atomic E-state index is 10.7. The zero-order valence-electron chi connectivity index (χ0n) is 7.58. The molecule has 4 N–H and O–H groups in total. The van der Waals surface area contributed by atoms with E-state index in [0.29, 0.717) is 6.54 Å². The van der Waals surface area contributed by atoms with Gasteiger partial charge in [-0.05, 0) is 0 Å². The van der Waals surface area contributed by atoms with Crippen LogP contribution in [0.5, 0.6) is 0 Å². The van der Waals surface area contributed by atoms with Crippen molar-refractivity contribution in [1.29, 1.82) is 0 Å². The number of amides is 2. The fourth-order valence-electron chi connectivity index (χ4n) is 1.20. The highest BCUT2D eigenvalue weighted by atomic mass is 16.5. The summed E-state index contributed by atoms with van der Waals surface area (Å²) in [6.45, 7) is 4.89. The number of hydrogen-bond donors (Lipinski definition) is 3. The van der Waals surface area contributed by atoms with Crippen molar-refractivity contribution in [2.45, 2.75) is 0 Å². The first-order valence-electron chi connectivity index (χ1n) is 4.37. The fraction of sp³-hybridized carbons (Fsp3) is 0.857. The number of nitrogens with zero attached hydrogens (tertiary/aromatic N) is 1. The van der Waals surface area contributed by atoms with Gasteiger partial charge in [0.15, 0.2) is 0 Å². The summed E-state index contributed by atoms with van der Waals surface area (Å²) in [5, 5.41) is 2.62. The Hall–Kier alpha value is -0.850. The van der Waals surface area contributed by atoms with Crippen molar-refractivity contribution < 1.29 is 9.53 Å². The molecule has 0 bridgehead atoms. The average molecular weight is 188 g/mol. The van der Waals surface area contributed by atoms with Crippen molar-refractivity contribution in [3.8, 4) is 0 Å². The molecule has 0 aromatic heterocycles. The predicted octanol–water partition coefficient (Wildman–Crippen LogP) is -1.51. The summed E-state index contributed by atoms with van der Waals surface area (Å²) in [5.41, 5.74) is 2.01. The molecule has 0 unspecified atom stereocenters. The van der Waals surface area contributed by atoms with Crippen molar-refractivity contribution in [1.82, 2.24) is 15.6 Å². The molecule has 1 fully saturated rings. The molecule has 0 aromatic carbocycles. The van der Waals surface area contributed by atoms with Crippen LogP contribution in [0.4, 0.5) is 4.79 Å². The summed E-state index contributed by atoms with van der Waals surface area (Å²) in [6.07, 6.45) is 0. The Morgan fingerprint density at radius 1 is 1.46 bits per heavy atom. The summed E-state index contributed by atoms with van der Waals surface area (Å²) >= 11 is 0. The first kappa shape index (κ1) is 10.2. The second-order valence-electron chi connectivity index (χ2n) is 2.85. The van der Waals surface area contributed by atoms with E-state index in [9.17, 15) is 4.79 Å². The number of carbonyl (C=O) groups excluding carboxylic acids is 1. The van der Waals surface area contributed by atoms with E-state index in [1.165, 1.54) is 0 Å². The Balaban J connectivity index is 2.01. The third kappa shape index (κ3) is 4.07. The highest BCUT2D eigenvalue weighted by Gasteiger charge is 2.09. The topological polar surface area (TPSA) is 79.6 Å². The molecule has 1 saturated heterocycles. The normalized spacial score (nSPS) is 18.2. The van der Waals surface area contributed by atoms with E-state index in [2.05, 4.69) is 10.2 Å². The molecule has 6 nitrogen and oxygen atoms in total. The molecule has 0 atom stereocenters. The predicted molar refractivity (Wildman–Crippen MR) is 48.0 cm³/mol. The zero-order valence-corrected chi connectivity index (χ0v) is 7.58. The molecule has 1 rings (SSSR count). The van der Waals surface area contributed by atoms with E-state index in [1.54, 1.807) is 0 Å². The van der Waals surface area contributed by atoms with Gasteiger partial charge in [0.2, 0.25) is 0 Å². The van der Waals surface area contributed by atoms with Crippen molar-refractivity contribution in [3.63, 3.8) is 0 Å². The molecule has 6 heteroatoms. The summed E-state index contributed by atoms with van der Waals surface area (Å²) < 4.78 is 5.19. The van der Waals surface area contributed by atoms with E-state index in [0.717, 1.165) is 32.8 Å². The summed E-state index contributed by atoms with van der Waals surface area (Å²) in [4.78, 5) is 12.9. The summed E-state index contributed by atoms with van der Waals surface area (Å²) in [6, 6.07) is -0.340. The number of hydrogen-bond acceptors (Lipinski definition) is 4. The van der Waals surface area contributed by atoms with Crippen LogP contribution in [-0.4, -0.2) is 50.3 Å². The van der Waals surface area contributed by atoms with Gasteiger partial charge in [0, 0.05) is 26.2 Å².